The predicted molar refractivity (Wildman–Crippen MR) is 49.4 cm³/mol. The van der Waals surface area contributed by atoms with Crippen molar-refractivity contribution in [1.82, 2.24) is 0 Å². The Balaban J connectivity index is 3.93. The molecule has 0 saturated heterocycles. The van der Waals surface area contributed by atoms with E-state index in [1.54, 1.807) is 0 Å². The van der Waals surface area contributed by atoms with Crippen LogP contribution in [0.5, 0.6) is 0 Å². The maximum Gasteiger partial charge on any atom is 0.191 e. The zero-order valence-corrected chi connectivity index (χ0v) is 8.85. The molecule has 2 atom stereocenters. The second-order valence-electron chi connectivity index (χ2n) is 3.96. The van der Waals surface area contributed by atoms with Gasteiger partial charge in [0.05, 0.1) is 0 Å². The molecule has 11 heavy (non-hydrogen) atoms. The fourth-order valence-electron chi connectivity index (χ4n) is 1.06. The van der Waals surface area contributed by atoms with Gasteiger partial charge in [-0.25, -0.2) is 0 Å². The molecular formula is C8H19O2P. The third-order valence-corrected chi connectivity index (χ3v) is 3.28. The second kappa shape index (κ2) is 4.27. The minimum atomic E-state index is -2.31. The van der Waals surface area contributed by atoms with Crippen molar-refractivity contribution in [2.24, 2.45) is 5.41 Å². The third-order valence-electron chi connectivity index (χ3n) is 2.24. The van der Waals surface area contributed by atoms with Gasteiger partial charge in [-0.3, -0.25) is 4.57 Å². The van der Waals surface area contributed by atoms with E-state index in [2.05, 4.69) is 20.8 Å². The Morgan fingerprint density at radius 3 is 2.27 bits per heavy atom. The van der Waals surface area contributed by atoms with E-state index in [1.807, 2.05) is 6.92 Å². The zero-order chi connectivity index (χ0) is 9.07. The van der Waals surface area contributed by atoms with Crippen LogP contribution in [0.4, 0.5) is 0 Å². The summed E-state index contributed by atoms with van der Waals surface area (Å²) in [5, 5.41) is 0. The van der Waals surface area contributed by atoms with E-state index in [0.29, 0.717) is 0 Å². The van der Waals surface area contributed by atoms with E-state index in [4.69, 9.17) is 4.89 Å². The summed E-state index contributed by atoms with van der Waals surface area (Å²) < 4.78 is 10.7. The topological polar surface area (TPSA) is 37.3 Å². The molecule has 0 aliphatic heterocycles. The number of rotatable bonds is 4. The fraction of sp³-hybridized carbons (Fsp3) is 1.00. The van der Waals surface area contributed by atoms with Crippen molar-refractivity contribution in [3.8, 4) is 0 Å². The van der Waals surface area contributed by atoms with E-state index in [-0.39, 0.29) is 11.1 Å². The predicted octanol–water partition coefficient (Wildman–Crippen LogP) is 2.67. The van der Waals surface area contributed by atoms with E-state index >= 15 is 0 Å². The summed E-state index contributed by atoms with van der Waals surface area (Å²) in [6, 6.07) is 0. The van der Waals surface area contributed by atoms with Crippen molar-refractivity contribution in [1.29, 1.82) is 0 Å². The Hall–Kier alpha value is 0.190. The van der Waals surface area contributed by atoms with Gasteiger partial charge < -0.3 is 4.89 Å². The molecule has 0 saturated carbocycles. The van der Waals surface area contributed by atoms with E-state index < -0.39 is 8.03 Å². The molecule has 0 radical (unpaired) electrons. The van der Waals surface area contributed by atoms with Gasteiger partial charge in [0.2, 0.25) is 0 Å². The first kappa shape index (κ1) is 11.2. The SMILES string of the molecule is CCC(C)(C)CC(C)[PH](=O)O. The van der Waals surface area contributed by atoms with Gasteiger partial charge in [0.25, 0.3) is 0 Å². The summed E-state index contributed by atoms with van der Waals surface area (Å²) in [4.78, 5) is 8.83. The zero-order valence-electron chi connectivity index (χ0n) is 7.85. The lowest BCUT2D eigenvalue weighted by atomic mass is 9.85. The monoisotopic (exact) mass is 178 g/mol. The van der Waals surface area contributed by atoms with Crippen molar-refractivity contribution >= 4 is 8.03 Å². The molecule has 0 amide bonds. The first-order valence-electron chi connectivity index (χ1n) is 4.12. The highest BCUT2D eigenvalue weighted by Gasteiger charge is 2.21. The molecule has 2 unspecified atom stereocenters. The van der Waals surface area contributed by atoms with Crippen LogP contribution < -0.4 is 0 Å². The van der Waals surface area contributed by atoms with Crippen molar-refractivity contribution in [3.63, 3.8) is 0 Å². The van der Waals surface area contributed by atoms with Crippen molar-refractivity contribution in [2.75, 3.05) is 0 Å². The normalized spacial score (nSPS) is 17.9. The molecule has 68 valence electrons. The van der Waals surface area contributed by atoms with Crippen LogP contribution in [0.25, 0.3) is 0 Å². The van der Waals surface area contributed by atoms with Crippen LogP contribution in [0.15, 0.2) is 0 Å². The average Bonchev–Trinajstić information content (AvgIpc) is 1.87. The highest BCUT2D eigenvalue weighted by Crippen LogP contribution is 2.35. The van der Waals surface area contributed by atoms with Crippen LogP contribution in [-0.2, 0) is 4.57 Å². The third kappa shape index (κ3) is 4.60. The molecule has 0 aromatic heterocycles. The van der Waals surface area contributed by atoms with E-state index in [1.165, 1.54) is 0 Å². The molecule has 1 N–H and O–H groups in total. The summed E-state index contributed by atoms with van der Waals surface area (Å²) in [5.74, 6) is 0. The molecule has 0 bridgehead atoms. The van der Waals surface area contributed by atoms with Gasteiger partial charge in [0.15, 0.2) is 8.03 Å². The Morgan fingerprint density at radius 1 is 1.55 bits per heavy atom. The van der Waals surface area contributed by atoms with Crippen LogP contribution in [0.1, 0.15) is 40.5 Å². The highest BCUT2D eigenvalue weighted by atomic mass is 31.1. The average molecular weight is 178 g/mol. The van der Waals surface area contributed by atoms with Gasteiger partial charge in [0, 0.05) is 5.66 Å². The van der Waals surface area contributed by atoms with Gasteiger partial charge in [-0.2, -0.15) is 0 Å². The van der Waals surface area contributed by atoms with E-state index in [9.17, 15) is 4.57 Å². The standard InChI is InChI=1S/C8H19O2P/c1-5-8(3,4)6-7(2)11(9)10/h7,11H,5-6H2,1-4H3,(H,9,10). The maximum atomic E-state index is 10.7. The summed E-state index contributed by atoms with van der Waals surface area (Å²) in [7, 11) is -2.31. The van der Waals surface area contributed by atoms with Crippen LogP contribution in [-0.4, -0.2) is 10.6 Å². The lowest BCUT2D eigenvalue weighted by Gasteiger charge is -2.24. The minimum Gasteiger partial charge on any atom is -0.346 e. The molecule has 0 aliphatic carbocycles. The Kier molecular flexibility index (Phi) is 4.35. The molecule has 0 fully saturated rings. The number of hydrogen-bond donors (Lipinski definition) is 1. The van der Waals surface area contributed by atoms with Gasteiger partial charge in [-0.1, -0.05) is 34.1 Å². The van der Waals surface area contributed by atoms with Crippen molar-refractivity contribution in [2.45, 2.75) is 46.2 Å². The lowest BCUT2D eigenvalue weighted by molar-refractivity contribution is 0.314. The lowest BCUT2D eigenvalue weighted by Crippen LogP contribution is -2.15. The molecule has 0 heterocycles. The minimum absolute atomic E-state index is 0.0325. The molecule has 0 aromatic rings. The van der Waals surface area contributed by atoms with Crippen LogP contribution in [0.2, 0.25) is 0 Å². The highest BCUT2D eigenvalue weighted by molar-refractivity contribution is 7.38. The van der Waals surface area contributed by atoms with Gasteiger partial charge in [0.1, 0.15) is 0 Å². The second-order valence-corrected chi connectivity index (χ2v) is 5.62. The molecule has 0 spiro atoms. The van der Waals surface area contributed by atoms with Crippen LogP contribution in [0, 0.1) is 5.41 Å². The Morgan fingerprint density at radius 2 is 2.00 bits per heavy atom. The summed E-state index contributed by atoms with van der Waals surface area (Å²) >= 11 is 0. The number of hydrogen-bond acceptors (Lipinski definition) is 1. The molecule has 0 aliphatic rings. The molecule has 0 rings (SSSR count). The van der Waals surface area contributed by atoms with Gasteiger partial charge in [-0.15, -0.1) is 0 Å². The van der Waals surface area contributed by atoms with E-state index in [0.717, 1.165) is 12.8 Å². The van der Waals surface area contributed by atoms with Crippen LogP contribution in [0.3, 0.4) is 0 Å². The first-order valence-corrected chi connectivity index (χ1v) is 5.55. The Labute approximate surface area is 69.9 Å². The van der Waals surface area contributed by atoms with Crippen molar-refractivity contribution in [3.05, 3.63) is 0 Å². The van der Waals surface area contributed by atoms with Crippen LogP contribution >= 0.6 is 8.03 Å². The Bertz CT molecular complexity index is 143. The molecule has 2 nitrogen and oxygen atoms in total. The fourth-order valence-corrected chi connectivity index (χ4v) is 1.79. The van der Waals surface area contributed by atoms with Gasteiger partial charge in [-0.05, 0) is 11.8 Å². The summed E-state index contributed by atoms with van der Waals surface area (Å²) in [6.45, 7) is 8.22. The van der Waals surface area contributed by atoms with Crippen molar-refractivity contribution < 1.29 is 9.46 Å². The first-order chi connectivity index (χ1) is 4.89. The summed E-state index contributed by atoms with van der Waals surface area (Å²) in [6.07, 6.45) is 1.91. The molecule has 3 heteroatoms. The largest absolute Gasteiger partial charge is 0.346 e. The smallest absolute Gasteiger partial charge is 0.191 e. The molecular weight excluding hydrogens is 159 g/mol. The van der Waals surface area contributed by atoms with Gasteiger partial charge >= 0.3 is 0 Å². The maximum absolute atomic E-state index is 10.7. The molecule has 0 aromatic carbocycles. The summed E-state index contributed by atoms with van der Waals surface area (Å²) in [5.41, 5.74) is 0.178. The quantitative estimate of drug-likeness (QED) is 0.672.